The molecule has 0 aliphatic rings. The molecule has 34 heavy (non-hydrogen) atoms. The Kier molecular flexibility index (Phi) is 10.5. The molecular weight excluding hydrogens is 503 g/mol. The van der Waals surface area contributed by atoms with Crippen LogP contribution in [-0.2, 0) is 27.7 Å². The Labute approximate surface area is 209 Å². The fourth-order valence-electron chi connectivity index (χ4n) is 3.50. The Morgan fingerprint density at radius 3 is 2.65 bits per heavy atom. The number of β-amino-alcohol motifs (C(OH)–C–C–N with tert-alkyl or cyclic N) is 1. The van der Waals surface area contributed by atoms with Crippen molar-refractivity contribution in [2.24, 2.45) is 0 Å². The van der Waals surface area contributed by atoms with Crippen molar-refractivity contribution >= 4 is 38.9 Å². The van der Waals surface area contributed by atoms with Gasteiger partial charge in [-0.2, -0.15) is 4.31 Å². The first-order valence-corrected chi connectivity index (χ1v) is 13.6. The molecule has 190 valence electrons. The van der Waals surface area contributed by atoms with Gasteiger partial charge in [-0.1, -0.05) is 17.7 Å². The highest BCUT2D eigenvalue weighted by Gasteiger charge is 2.28. The van der Waals surface area contributed by atoms with Crippen LogP contribution in [-0.4, -0.2) is 60.7 Å². The van der Waals surface area contributed by atoms with Crippen LogP contribution in [0.2, 0.25) is 5.02 Å². The molecule has 0 saturated heterocycles. The highest BCUT2D eigenvalue weighted by atomic mass is 35.5. The number of aliphatic hydroxyl groups is 1. The molecule has 1 atom stereocenters. The Hall–Kier alpha value is -1.56. The van der Waals surface area contributed by atoms with Crippen molar-refractivity contribution in [3.8, 4) is 0 Å². The lowest BCUT2D eigenvalue weighted by atomic mass is 9.96. The minimum Gasteiger partial charge on any atom is -0.481 e. The second-order valence-corrected chi connectivity index (χ2v) is 12.3. The third kappa shape index (κ3) is 8.58. The van der Waals surface area contributed by atoms with Crippen LogP contribution in [0.15, 0.2) is 34.5 Å². The van der Waals surface area contributed by atoms with E-state index < -0.39 is 32.8 Å². The van der Waals surface area contributed by atoms with E-state index in [-0.39, 0.29) is 42.1 Å². The largest absolute Gasteiger partial charge is 0.481 e. The summed E-state index contributed by atoms with van der Waals surface area (Å²) < 4.78 is 41.0. The zero-order valence-corrected chi connectivity index (χ0v) is 21.9. The number of sulfonamides is 1. The minimum absolute atomic E-state index is 0.0996. The Bertz CT molecular complexity index is 1060. The van der Waals surface area contributed by atoms with E-state index in [0.717, 1.165) is 35.7 Å². The van der Waals surface area contributed by atoms with E-state index in [2.05, 4.69) is 11.4 Å². The second kappa shape index (κ2) is 12.4. The van der Waals surface area contributed by atoms with Crippen LogP contribution < -0.4 is 5.32 Å². The summed E-state index contributed by atoms with van der Waals surface area (Å²) >= 11 is 7.92. The van der Waals surface area contributed by atoms with Crippen molar-refractivity contribution in [1.29, 1.82) is 0 Å². The normalized spacial score (nSPS) is 13.4. The maximum Gasteiger partial charge on any atom is 0.303 e. The van der Waals surface area contributed by atoms with Gasteiger partial charge in [0, 0.05) is 37.0 Å². The van der Waals surface area contributed by atoms with E-state index in [9.17, 15) is 22.7 Å². The number of carboxylic acid groups (broad SMARTS) is 1. The van der Waals surface area contributed by atoms with Crippen LogP contribution in [0.4, 0.5) is 4.39 Å². The lowest BCUT2D eigenvalue weighted by molar-refractivity contribution is -0.136. The van der Waals surface area contributed by atoms with Crippen LogP contribution in [0.1, 0.15) is 43.6 Å². The highest BCUT2D eigenvalue weighted by molar-refractivity contribution is 7.89. The fourth-order valence-corrected chi connectivity index (χ4v) is 6.07. The van der Waals surface area contributed by atoms with E-state index in [0.29, 0.717) is 0 Å². The predicted octanol–water partition coefficient (Wildman–Crippen LogP) is 3.93. The van der Waals surface area contributed by atoms with Crippen molar-refractivity contribution in [1.82, 2.24) is 9.62 Å². The fraction of sp³-hybridized carbons (Fsp3) is 0.522. The minimum atomic E-state index is -4.21. The summed E-state index contributed by atoms with van der Waals surface area (Å²) in [4.78, 5) is 11.7. The molecule has 0 fully saturated rings. The third-order valence-electron chi connectivity index (χ3n) is 5.46. The van der Waals surface area contributed by atoms with Crippen molar-refractivity contribution < 1.29 is 27.8 Å². The maximum atomic E-state index is 14.1. The average Bonchev–Trinajstić information content (AvgIpc) is 3.25. The van der Waals surface area contributed by atoms with Gasteiger partial charge in [0.2, 0.25) is 10.0 Å². The summed E-state index contributed by atoms with van der Waals surface area (Å²) in [5, 5.41) is 24.4. The predicted molar refractivity (Wildman–Crippen MR) is 133 cm³/mol. The van der Waals surface area contributed by atoms with E-state index in [1.165, 1.54) is 11.9 Å². The molecular formula is C23H32ClFN2O5S2. The van der Waals surface area contributed by atoms with Crippen LogP contribution >= 0.6 is 22.9 Å². The third-order valence-corrected chi connectivity index (χ3v) is 8.81. The summed E-state index contributed by atoms with van der Waals surface area (Å²) in [5.41, 5.74) is -0.150. The number of rotatable bonds is 14. The number of thiophene rings is 1. The van der Waals surface area contributed by atoms with Gasteiger partial charge >= 0.3 is 5.97 Å². The number of halogens is 2. The standard InChI is InChI=1S/C23H32ClFN2O5S2/c1-23(2,10-4-6-19-7-5-11-33-19)26-14-18(28)15-27(3)34(31,32)20-13-17(25)12-16(22(20)24)8-9-21(29)30/h5,7,11-13,18,26,28H,4,6,8-10,14-15H2,1-3H3,(H,29,30)/t18-/m1/s1. The number of likely N-dealkylation sites (N-methyl/N-ethyl adjacent to an activating group) is 1. The van der Waals surface area contributed by atoms with Gasteiger partial charge in [-0.25, -0.2) is 12.8 Å². The van der Waals surface area contributed by atoms with Gasteiger partial charge in [0.05, 0.1) is 11.1 Å². The van der Waals surface area contributed by atoms with Crippen LogP contribution in [0.3, 0.4) is 0 Å². The molecule has 3 N–H and O–H groups in total. The Balaban J connectivity index is 1.96. The van der Waals surface area contributed by atoms with Gasteiger partial charge in [0.15, 0.2) is 0 Å². The summed E-state index contributed by atoms with van der Waals surface area (Å²) in [6.45, 7) is 4.00. The van der Waals surface area contributed by atoms with E-state index in [1.54, 1.807) is 11.3 Å². The van der Waals surface area contributed by atoms with Gasteiger partial charge in [0.25, 0.3) is 0 Å². The molecule has 11 heteroatoms. The lowest BCUT2D eigenvalue weighted by Gasteiger charge is -2.29. The topological polar surface area (TPSA) is 107 Å². The molecule has 0 bridgehead atoms. The first-order chi connectivity index (χ1) is 15.8. The zero-order chi connectivity index (χ0) is 25.5. The monoisotopic (exact) mass is 534 g/mol. The van der Waals surface area contributed by atoms with E-state index in [4.69, 9.17) is 16.7 Å². The van der Waals surface area contributed by atoms with Crippen LogP contribution in [0.5, 0.6) is 0 Å². The molecule has 2 rings (SSSR count). The number of aryl methyl sites for hydroxylation is 2. The van der Waals surface area contributed by atoms with E-state index in [1.807, 2.05) is 25.3 Å². The summed E-state index contributed by atoms with van der Waals surface area (Å²) in [6.07, 6.45) is 1.42. The van der Waals surface area contributed by atoms with Gasteiger partial charge < -0.3 is 15.5 Å². The van der Waals surface area contributed by atoms with E-state index >= 15 is 0 Å². The lowest BCUT2D eigenvalue weighted by Crippen LogP contribution is -2.46. The molecule has 1 heterocycles. The van der Waals surface area contributed by atoms with Crippen molar-refractivity contribution in [2.45, 2.75) is 62.5 Å². The molecule has 0 radical (unpaired) electrons. The van der Waals surface area contributed by atoms with Gasteiger partial charge in [-0.15, -0.1) is 11.3 Å². The molecule has 1 aromatic carbocycles. The van der Waals surface area contributed by atoms with Crippen molar-refractivity contribution in [2.75, 3.05) is 20.1 Å². The Morgan fingerprint density at radius 1 is 1.32 bits per heavy atom. The number of aliphatic carboxylic acids is 1. The number of benzene rings is 1. The molecule has 2 aromatic rings. The van der Waals surface area contributed by atoms with Gasteiger partial charge in [-0.05, 0) is 68.7 Å². The first-order valence-electron chi connectivity index (χ1n) is 10.9. The zero-order valence-electron chi connectivity index (χ0n) is 19.6. The summed E-state index contributed by atoms with van der Waals surface area (Å²) in [7, 11) is -2.93. The molecule has 0 saturated carbocycles. The van der Waals surface area contributed by atoms with Crippen molar-refractivity contribution in [3.05, 3.63) is 50.9 Å². The number of aliphatic hydroxyl groups excluding tert-OH is 1. The smallest absolute Gasteiger partial charge is 0.303 e. The first kappa shape index (κ1) is 28.7. The van der Waals surface area contributed by atoms with Gasteiger partial charge in [-0.3, -0.25) is 4.79 Å². The SMILES string of the molecule is CN(C[C@H](O)CNC(C)(C)CCCc1cccs1)S(=O)(=O)c1cc(F)cc(CCC(=O)O)c1Cl. The van der Waals surface area contributed by atoms with Crippen molar-refractivity contribution in [3.63, 3.8) is 0 Å². The second-order valence-electron chi connectivity index (χ2n) is 8.91. The molecule has 1 aromatic heterocycles. The van der Waals surface area contributed by atoms with Crippen LogP contribution in [0.25, 0.3) is 0 Å². The number of nitrogens with zero attached hydrogens (tertiary/aromatic N) is 1. The maximum absolute atomic E-state index is 14.1. The average molecular weight is 535 g/mol. The van der Waals surface area contributed by atoms with Gasteiger partial charge in [0.1, 0.15) is 10.7 Å². The number of carbonyl (C=O) groups is 1. The molecule has 0 aliphatic carbocycles. The number of hydrogen-bond acceptors (Lipinski definition) is 6. The highest BCUT2D eigenvalue weighted by Crippen LogP contribution is 2.30. The molecule has 7 nitrogen and oxygen atoms in total. The molecule has 0 aliphatic heterocycles. The Morgan fingerprint density at radius 2 is 2.03 bits per heavy atom. The van der Waals surface area contributed by atoms with Crippen LogP contribution in [0, 0.1) is 5.82 Å². The molecule has 0 spiro atoms. The number of nitrogens with one attached hydrogen (secondary N) is 1. The molecule has 0 amide bonds. The molecule has 0 unspecified atom stereocenters. The summed E-state index contributed by atoms with van der Waals surface area (Å²) in [5.74, 6) is -1.94. The number of hydrogen-bond donors (Lipinski definition) is 3. The summed E-state index contributed by atoms with van der Waals surface area (Å²) in [6, 6.07) is 5.96. The quantitative estimate of drug-likeness (QED) is 0.339. The number of carboxylic acids is 1.